The van der Waals surface area contributed by atoms with Crippen molar-refractivity contribution in [2.45, 2.75) is 6.92 Å². The molecule has 3 rings (SSSR count). The normalized spacial score (nSPS) is 10.5. The van der Waals surface area contributed by atoms with Gasteiger partial charge in [0.1, 0.15) is 28.2 Å². The summed E-state index contributed by atoms with van der Waals surface area (Å²) in [4.78, 5) is 24.6. The lowest BCUT2D eigenvalue weighted by Gasteiger charge is -2.13. The van der Waals surface area contributed by atoms with Crippen LogP contribution in [-0.2, 0) is 4.79 Å². The number of fused-ring (bicyclic) bond motifs is 1. The van der Waals surface area contributed by atoms with Crippen LogP contribution >= 0.6 is 0 Å². The fourth-order valence-electron chi connectivity index (χ4n) is 2.69. The van der Waals surface area contributed by atoms with Crippen molar-refractivity contribution < 1.29 is 28.2 Å². The Balaban J connectivity index is 2.36. The van der Waals surface area contributed by atoms with Crippen LogP contribution in [0.5, 0.6) is 23.0 Å². The Bertz CT molecular complexity index is 1050. The van der Waals surface area contributed by atoms with Gasteiger partial charge in [-0.1, -0.05) is 0 Å². The highest BCUT2D eigenvalue weighted by molar-refractivity contribution is 5.89. The van der Waals surface area contributed by atoms with Crippen LogP contribution in [0.1, 0.15) is 6.92 Å². The summed E-state index contributed by atoms with van der Waals surface area (Å²) in [5.74, 6) is 0.642. The van der Waals surface area contributed by atoms with Crippen LogP contribution in [0, 0.1) is 0 Å². The third-order valence-corrected chi connectivity index (χ3v) is 3.94. The van der Waals surface area contributed by atoms with Crippen LogP contribution in [0.2, 0.25) is 0 Å². The molecule has 3 aromatic rings. The minimum absolute atomic E-state index is 0.126. The molecule has 0 saturated carbocycles. The minimum Gasteiger partial charge on any atom is -0.497 e. The van der Waals surface area contributed by atoms with E-state index in [2.05, 4.69) is 0 Å². The van der Waals surface area contributed by atoms with Crippen molar-refractivity contribution in [1.29, 1.82) is 0 Å². The van der Waals surface area contributed by atoms with Gasteiger partial charge in [-0.25, -0.2) is 0 Å². The molecule has 0 aliphatic heterocycles. The Morgan fingerprint density at radius 1 is 0.926 bits per heavy atom. The zero-order valence-electron chi connectivity index (χ0n) is 15.3. The summed E-state index contributed by atoms with van der Waals surface area (Å²) in [6.45, 7) is 1.21. The molecule has 0 amide bonds. The predicted octanol–water partition coefficient (Wildman–Crippen LogP) is 3.41. The molecule has 0 N–H and O–H groups in total. The van der Waals surface area contributed by atoms with Crippen LogP contribution in [0.3, 0.4) is 0 Å². The first-order chi connectivity index (χ1) is 13.0. The average molecular weight is 370 g/mol. The van der Waals surface area contributed by atoms with Crippen LogP contribution in [0.25, 0.3) is 22.3 Å². The maximum absolute atomic E-state index is 13.1. The molecule has 7 nitrogen and oxygen atoms in total. The van der Waals surface area contributed by atoms with Gasteiger partial charge in [0.2, 0.25) is 11.2 Å². The SMILES string of the molecule is COc1ccc(-c2oc3cc(OC)cc(OC)c3c(=O)c2OC(C)=O)cc1. The second-order valence-corrected chi connectivity index (χ2v) is 5.61. The molecular weight excluding hydrogens is 352 g/mol. The third kappa shape index (κ3) is 3.44. The Labute approximate surface area is 155 Å². The van der Waals surface area contributed by atoms with Crippen molar-refractivity contribution in [3.8, 4) is 34.3 Å². The van der Waals surface area contributed by atoms with E-state index in [1.807, 2.05) is 0 Å². The van der Waals surface area contributed by atoms with Gasteiger partial charge in [0, 0.05) is 24.6 Å². The number of ether oxygens (including phenoxy) is 4. The molecule has 0 fully saturated rings. The van der Waals surface area contributed by atoms with E-state index in [-0.39, 0.29) is 28.2 Å². The van der Waals surface area contributed by atoms with E-state index in [9.17, 15) is 9.59 Å². The Hall–Kier alpha value is -3.48. The second-order valence-electron chi connectivity index (χ2n) is 5.61. The number of hydrogen-bond acceptors (Lipinski definition) is 7. The summed E-state index contributed by atoms with van der Waals surface area (Å²) >= 11 is 0. The van der Waals surface area contributed by atoms with Gasteiger partial charge in [-0.05, 0) is 24.3 Å². The molecule has 27 heavy (non-hydrogen) atoms. The molecule has 0 saturated heterocycles. The van der Waals surface area contributed by atoms with Gasteiger partial charge in [0.05, 0.1) is 21.3 Å². The zero-order valence-corrected chi connectivity index (χ0v) is 15.3. The maximum atomic E-state index is 13.1. The van der Waals surface area contributed by atoms with Gasteiger partial charge in [0.15, 0.2) is 5.76 Å². The van der Waals surface area contributed by atoms with Crippen molar-refractivity contribution in [2.75, 3.05) is 21.3 Å². The highest BCUT2D eigenvalue weighted by Crippen LogP contribution is 2.36. The van der Waals surface area contributed by atoms with Crippen molar-refractivity contribution in [1.82, 2.24) is 0 Å². The van der Waals surface area contributed by atoms with Crippen molar-refractivity contribution in [3.05, 3.63) is 46.6 Å². The van der Waals surface area contributed by atoms with Crippen LogP contribution in [0.4, 0.5) is 0 Å². The topological polar surface area (TPSA) is 84.2 Å². The van der Waals surface area contributed by atoms with Crippen molar-refractivity contribution in [3.63, 3.8) is 0 Å². The lowest BCUT2D eigenvalue weighted by Crippen LogP contribution is -2.14. The second kappa shape index (κ2) is 7.41. The van der Waals surface area contributed by atoms with Gasteiger partial charge in [0.25, 0.3) is 0 Å². The number of esters is 1. The minimum atomic E-state index is -0.635. The van der Waals surface area contributed by atoms with Gasteiger partial charge >= 0.3 is 5.97 Å². The third-order valence-electron chi connectivity index (χ3n) is 3.94. The van der Waals surface area contributed by atoms with Gasteiger partial charge in [-0.3, -0.25) is 9.59 Å². The monoisotopic (exact) mass is 370 g/mol. The van der Waals surface area contributed by atoms with E-state index in [1.54, 1.807) is 43.5 Å². The Kier molecular flexibility index (Phi) is 5.03. The number of rotatable bonds is 5. The highest BCUT2D eigenvalue weighted by atomic mass is 16.5. The van der Waals surface area contributed by atoms with Crippen LogP contribution in [-0.4, -0.2) is 27.3 Å². The van der Waals surface area contributed by atoms with E-state index in [1.165, 1.54) is 21.1 Å². The zero-order chi connectivity index (χ0) is 19.6. The molecule has 0 bridgehead atoms. The van der Waals surface area contributed by atoms with E-state index in [4.69, 9.17) is 23.4 Å². The molecule has 1 heterocycles. The van der Waals surface area contributed by atoms with Crippen LogP contribution < -0.4 is 24.4 Å². The number of methoxy groups -OCH3 is 3. The number of benzene rings is 2. The number of carbonyl (C=O) groups excluding carboxylic acids is 1. The Morgan fingerprint density at radius 3 is 2.15 bits per heavy atom. The number of carbonyl (C=O) groups is 1. The fraction of sp³-hybridized carbons (Fsp3) is 0.200. The lowest BCUT2D eigenvalue weighted by molar-refractivity contribution is -0.132. The molecule has 0 spiro atoms. The summed E-state index contributed by atoms with van der Waals surface area (Å²) in [5.41, 5.74) is 0.280. The summed E-state index contributed by atoms with van der Waals surface area (Å²) in [5, 5.41) is 0.159. The molecule has 0 radical (unpaired) electrons. The highest BCUT2D eigenvalue weighted by Gasteiger charge is 2.22. The van der Waals surface area contributed by atoms with Gasteiger partial charge in [-0.15, -0.1) is 0 Å². The van der Waals surface area contributed by atoms with Crippen LogP contribution in [0.15, 0.2) is 45.6 Å². The fourth-order valence-corrected chi connectivity index (χ4v) is 2.69. The molecule has 2 aromatic carbocycles. The molecule has 0 aliphatic rings. The van der Waals surface area contributed by atoms with E-state index >= 15 is 0 Å². The quantitative estimate of drug-likeness (QED) is 0.636. The van der Waals surface area contributed by atoms with Crippen molar-refractivity contribution in [2.24, 2.45) is 0 Å². The summed E-state index contributed by atoms with van der Waals surface area (Å²) in [7, 11) is 4.47. The largest absolute Gasteiger partial charge is 0.497 e. The first kappa shape index (κ1) is 18.3. The smallest absolute Gasteiger partial charge is 0.308 e. The first-order valence-corrected chi connectivity index (χ1v) is 8.04. The maximum Gasteiger partial charge on any atom is 0.308 e. The average Bonchev–Trinajstić information content (AvgIpc) is 2.68. The lowest BCUT2D eigenvalue weighted by atomic mass is 10.1. The molecule has 1 aromatic heterocycles. The summed E-state index contributed by atoms with van der Waals surface area (Å²) in [6.07, 6.45) is 0. The molecule has 0 unspecified atom stereocenters. The number of hydrogen-bond donors (Lipinski definition) is 0. The summed E-state index contributed by atoms with van der Waals surface area (Å²) < 4.78 is 26.8. The van der Waals surface area contributed by atoms with E-state index in [0.717, 1.165) is 0 Å². The summed E-state index contributed by atoms with van der Waals surface area (Å²) in [6, 6.07) is 9.96. The Morgan fingerprint density at radius 2 is 1.59 bits per heavy atom. The first-order valence-electron chi connectivity index (χ1n) is 8.04. The molecule has 140 valence electrons. The van der Waals surface area contributed by atoms with Gasteiger partial charge in [-0.2, -0.15) is 0 Å². The van der Waals surface area contributed by atoms with E-state index in [0.29, 0.717) is 17.1 Å². The van der Waals surface area contributed by atoms with Crippen molar-refractivity contribution >= 4 is 16.9 Å². The molecule has 0 aliphatic carbocycles. The van der Waals surface area contributed by atoms with Gasteiger partial charge < -0.3 is 23.4 Å². The predicted molar refractivity (Wildman–Crippen MR) is 98.9 cm³/mol. The molecule has 7 heteroatoms. The molecule has 0 atom stereocenters. The standard InChI is InChI=1S/C20H18O7/c1-11(21)26-20-18(22)17-15(25-4)9-14(24-3)10-16(17)27-19(20)12-5-7-13(23-2)8-6-12/h5-10H,1-4H3. The molecular formula is C20H18O7. The van der Waals surface area contributed by atoms with E-state index < -0.39 is 11.4 Å².